The Morgan fingerprint density at radius 1 is 1.18 bits per heavy atom. The van der Waals surface area contributed by atoms with Gasteiger partial charge in [-0.05, 0) is 12.0 Å². The molecule has 0 saturated carbocycles. The second kappa shape index (κ2) is 5.64. The number of sulfone groups is 1. The Bertz CT molecular complexity index is 440. The van der Waals surface area contributed by atoms with Gasteiger partial charge in [0, 0.05) is 19.3 Å². The molecule has 0 heterocycles. The van der Waals surface area contributed by atoms with Crippen molar-refractivity contribution in [2.45, 2.75) is 20.8 Å². The van der Waals surface area contributed by atoms with E-state index in [1.807, 2.05) is 13.8 Å². The summed E-state index contributed by atoms with van der Waals surface area (Å²) in [6, 6.07) is 0. The zero-order valence-corrected chi connectivity index (χ0v) is 12.4. The molecule has 0 aromatic carbocycles. The van der Waals surface area contributed by atoms with Gasteiger partial charge in [0.1, 0.15) is 0 Å². The third-order valence-electron chi connectivity index (χ3n) is 2.27. The highest BCUT2D eigenvalue weighted by molar-refractivity contribution is 8.06. The van der Waals surface area contributed by atoms with Crippen LogP contribution in [0.25, 0.3) is 0 Å². The molecule has 0 aliphatic carbocycles. The minimum absolute atomic E-state index is 0.220. The zero-order chi connectivity index (χ0) is 13.9. The summed E-state index contributed by atoms with van der Waals surface area (Å²) in [5.74, 6) is 0. The van der Waals surface area contributed by atoms with E-state index in [1.54, 1.807) is 6.92 Å². The Kier molecular flexibility index (Phi) is 5.58. The molecule has 0 amide bonds. The van der Waals surface area contributed by atoms with E-state index >= 15 is 0 Å². The fraction of sp³-hybridized carbons (Fsp3) is 1.00. The topological polar surface area (TPSA) is 97.5 Å². The summed E-state index contributed by atoms with van der Waals surface area (Å²) < 4.78 is 47.1. The average molecular weight is 286 g/mol. The van der Waals surface area contributed by atoms with E-state index < -0.39 is 24.9 Å². The van der Waals surface area contributed by atoms with E-state index in [4.69, 9.17) is 5.73 Å². The van der Waals surface area contributed by atoms with Gasteiger partial charge in [-0.1, -0.05) is 20.8 Å². The molecule has 104 valence electrons. The Morgan fingerprint density at radius 2 is 1.65 bits per heavy atom. The van der Waals surface area contributed by atoms with Crippen LogP contribution >= 0.6 is 0 Å². The SMILES string of the molecule is CCN(CC(C)(C)CN)S(=O)(=O)CS(C)(=O)=O. The maximum atomic E-state index is 11.9. The highest BCUT2D eigenvalue weighted by Crippen LogP contribution is 2.17. The second-order valence-electron chi connectivity index (χ2n) is 4.95. The van der Waals surface area contributed by atoms with Crippen LogP contribution in [0.1, 0.15) is 20.8 Å². The van der Waals surface area contributed by atoms with Crippen LogP contribution in [0, 0.1) is 5.41 Å². The number of hydrogen-bond acceptors (Lipinski definition) is 5. The first kappa shape index (κ1) is 16.8. The van der Waals surface area contributed by atoms with Crippen LogP contribution in [0.15, 0.2) is 0 Å². The van der Waals surface area contributed by atoms with Gasteiger partial charge in [-0.15, -0.1) is 0 Å². The highest BCUT2D eigenvalue weighted by Gasteiger charge is 2.30. The first-order chi connectivity index (χ1) is 7.43. The van der Waals surface area contributed by atoms with Gasteiger partial charge >= 0.3 is 0 Å². The minimum atomic E-state index is -3.78. The monoisotopic (exact) mass is 286 g/mol. The summed E-state index contributed by atoms with van der Waals surface area (Å²) in [6.45, 7) is 6.14. The molecule has 0 aromatic heterocycles. The van der Waals surface area contributed by atoms with Crippen LogP contribution in [0.5, 0.6) is 0 Å². The quantitative estimate of drug-likeness (QED) is 0.688. The molecule has 0 spiro atoms. The summed E-state index contributed by atoms with van der Waals surface area (Å²) in [5, 5.41) is -0.853. The van der Waals surface area contributed by atoms with Crippen molar-refractivity contribution in [2.24, 2.45) is 11.1 Å². The predicted molar refractivity (Wildman–Crippen MR) is 68.7 cm³/mol. The van der Waals surface area contributed by atoms with Crippen LogP contribution in [0.4, 0.5) is 0 Å². The molecular formula is C9H22N2O4S2. The van der Waals surface area contributed by atoms with E-state index in [2.05, 4.69) is 0 Å². The van der Waals surface area contributed by atoms with Crippen LogP contribution in [-0.2, 0) is 19.9 Å². The van der Waals surface area contributed by atoms with E-state index in [9.17, 15) is 16.8 Å². The van der Waals surface area contributed by atoms with Gasteiger partial charge in [0.15, 0.2) is 14.9 Å². The molecule has 2 N–H and O–H groups in total. The van der Waals surface area contributed by atoms with E-state index in [0.717, 1.165) is 6.26 Å². The summed E-state index contributed by atoms with van der Waals surface area (Å²) in [6.07, 6.45) is 0.909. The molecule has 8 heteroatoms. The fourth-order valence-electron chi connectivity index (χ4n) is 1.29. The lowest BCUT2D eigenvalue weighted by Crippen LogP contribution is -2.43. The Morgan fingerprint density at radius 3 is 1.94 bits per heavy atom. The van der Waals surface area contributed by atoms with Gasteiger partial charge in [-0.2, -0.15) is 0 Å². The molecule has 0 bridgehead atoms. The third kappa shape index (κ3) is 6.35. The van der Waals surface area contributed by atoms with Crippen molar-refractivity contribution in [3.8, 4) is 0 Å². The van der Waals surface area contributed by atoms with Gasteiger partial charge in [0.25, 0.3) is 0 Å². The molecule has 6 nitrogen and oxygen atoms in total. The van der Waals surface area contributed by atoms with Crippen molar-refractivity contribution in [1.82, 2.24) is 4.31 Å². The van der Waals surface area contributed by atoms with Crippen molar-refractivity contribution in [3.63, 3.8) is 0 Å². The molecule has 0 fully saturated rings. The second-order valence-corrected chi connectivity index (χ2v) is 9.42. The van der Waals surface area contributed by atoms with E-state index in [1.165, 1.54) is 4.31 Å². The molecule has 0 saturated heterocycles. The lowest BCUT2D eigenvalue weighted by Gasteiger charge is -2.30. The molecule has 0 atom stereocenters. The molecule has 0 unspecified atom stereocenters. The fourth-order valence-corrected chi connectivity index (χ4v) is 4.99. The Balaban J connectivity index is 5.02. The van der Waals surface area contributed by atoms with Crippen molar-refractivity contribution in [2.75, 3.05) is 31.0 Å². The third-order valence-corrected chi connectivity index (χ3v) is 6.34. The molecule has 0 aliphatic rings. The zero-order valence-electron chi connectivity index (χ0n) is 10.8. The van der Waals surface area contributed by atoms with Gasteiger partial charge in [0.05, 0.1) is 0 Å². The van der Waals surface area contributed by atoms with Crippen molar-refractivity contribution < 1.29 is 16.8 Å². The van der Waals surface area contributed by atoms with E-state index in [0.29, 0.717) is 6.54 Å². The van der Waals surface area contributed by atoms with Gasteiger partial charge < -0.3 is 5.73 Å². The molecule has 0 radical (unpaired) electrons. The first-order valence-corrected chi connectivity index (χ1v) is 8.96. The Labute approximate surface area is 104 Å². The smallest absolute Gasteiger partial charge is 0.228 e. The van der Waals surface area contributed by atoms with Crippen LogP contribution in [-0.4, -0.2) is 52.1 Å². The van der Waals surface area contributed by atoms with Crippen molar-refractivity contribution in [3.05, 3.63) is 0 Å². The number of hydrogen-bond donors (Lipinski definition) is 1. The largest absolute Gasteiger partial charge is 0.330 e. The van der Waals surface area contributed by atoms with Gasteiger partial charge in [-0.25, -0.2) is 21.1 Å². The number of nitrogens with zero attached hydrogens (tertiary/aromatic N) is 1. The summed E-state index contributed by atoms with van der Waals surface area (Å²) >= 11 is 0. The van der Waals surface area contributed by atoms with Gasteiger partial charge in [0.2, 0.25) is 10.0 Å². The predicted octanol–water partition coefficient (Wildman–Crippen LogP) is -0.375. The van der Waals surface area contributed by atoms with Crippen LogP contribution in [0.3, 0.4) is 0 Å². The molecule has 0 aromatic rings. The molecule has 17 heavy (non-hydrogen) atoms. The molecule has 0 aliphatic heterocycles. The van der Waals surface area contributed by atoms with Crippen LogP contribution in [0.2, 0.25) is 0 Å². The summed E-state index contributed by atoms with van der Waals surface area (Å²) in [7, 11) is -7.34. The van der Waals surface area contributed by atoms with Crippen molar-refractivity contribution >= 4 is 19.9 Å². The maximum Gasteiger partial charge on any atom is 0.228 e. The average Bonchev–Trinajstić information content (AvgIpc) is 2.10. The standard InChI is InChI=1S/C9H22N2O4S2/c1-5-11(7-9(2,3)6-10)17(14,15)8-16(4,12)13/h5-8,10H2,1-4H3. The van der Waals surface area contributed by atoms with Gasteiger partial charge in [-0.3, -0.25) is 0 Å². The van der Waals surface area contributed by atoms with E-state index in [-0.39, 0.29) is 18.5 Å². The summed E-state index contributed by atoms with van der Waals surface area (Å²) in [4.78, 5) is 0. The number of sulfonamides is 1. The number of nitrogens with two attached hydrogens (primary N) is 1. The number of rotatable bonds is 7. The maximum absolute atomic E-state index is 11.9. The Hall–Kier alpha value is -0.180. The highest BCUT2D eigenvalue weighted by atomic mass is 32.3. The molecular weight excluding hydrogens is 264 g/mol. The van der Waals surface area contributed by atoms with Crippen LogP contribution < -0.4 is 5.73 Å². The lowest BCUT2D eigenvalue weighted by atomic mass is 9.94. The lowest BCUT2D eigenvalue weighted by molar-refractivity contribution is 0.274. The minimum Gasteiger partial charge on any atom is -0.330 e. The first-order valence-electron chi connectivity index (χ1n) is 5.29. The normalized spacial score (nSPS) is 14.2. The summed E-state index contributed by atoms with van der Waals surface area (Å²) in [5.41, 5.74) is 5.17. The molecule has 0 rings (SSSR count). The van der Waals surface area contributed by atoms with Crippen molar-refractivity contribution in [1.29, 1.82) is 0 Å².